The van der Waals surface area contributed by atoms with Gasteiger partial charge in [0.2, 0.25) is 5.91 Å². The van der Waals surface area contributed by atoms with Crippen LogP contribution in [0, 0.1) is 0 Å². The van der Waals surface area contributed by atoms with E-state index in [-0.39, 0.29) is 18.9 Å². The molecule has 2 heterocycles. The Hall–Kier alpha value is -1.53. The van der Waals surface area contributed by atoms with Gasteiger partial charge >= 0.3 is 0 Å². The molecule has 2 saturated heterocycles. The van der Waals surface area contributed by atoms with E-state index in [9.17, 15) is 45.6 Å². The number of aliphatic hydroxyl groups is 8. The molecule has 14 nitrogen and oxygen atoms in total. The monoisotopic (exact) mass is 1130 g/mol. The summed E-state index contributed by atoms with van der Waals surface area (Å²) in [5.41, 5.74) is 0. The SMILES string of the molecule is CCCCCCCCCCCCCCCCCCCCCC/C=C/CC/C=C/C(O)C(COC1OC(CO)C(OC2OC(CO)C(O)C(O)C2O)C(O)C1O)NC(=O)CCCCCCCCCCCCCCCCCCCCC. The maximum Gasteiger partial charge on any atom is 0.220 e. The number of unbranched alkanes of at least 4 members (excludes halogenated alkanes) is 39. The molecule has 466 valence electrons. The van der Waals surface area contributed by atoms with Crippen LogP contribution in [0.3, 0.4) is 0 Å². The Morgan fingerprint density at radius 3 is 1.24 bits per heavy atom. The predicted molar refractivity (Wildman–Crippen MR) is 318 cm³/mol. The third kappa shape index (κ3) is 36.0. The van der Waals surface area contributed by atoms with Gasteiger partial charge in [-0.15, -0.1) is 0 Å². The van der Waals surface area contributed by atoms with Crippen molar-refractivity contribution in [2.45, 2.75) is 364 Å². The van der Waals surface area contributed by atoms with Gasteiger partial charge in [-0.3, -0.25) is 4.79 Å². The van der Waals surface area contributed by atoms with Crippen LogP contribution in [0.25, 0.3) is 0 Å². The fourth-order valence-corrected chi connectivity index (χ4v) is 11.1. The van der Waals surface area contributed by atoms with E-state index < -0.39 is 86.8 Å². The summed E-state index contributed by atoms with van der Waals surface area (Å²) in [6, 6.07) is -0.928. The third-order valence-electron chi connectivity index (χ3n) is 16.4. The second-order valence-corrected chi connectivity index (χ2v) is 23.6. The molecule has 1 amide bonds. The van der Waals surface area contributed by atoms with Gasteiger partial charge in [0.25, 0.3) is 0 Å². The summed E-state index contributed by atoms with van der Waals surface area (Å²) in [6.07, 6.45) is 45.2. The van der Waals surface area contributed by atoms with Crippen molar-refractivity contribution in [3.63, 3.8) is 0 Å². The molecule has 0 aromatic heterocycles. The van der Waals surface area contributed by atoms with E-state index in [1.165, 1.54) is 225 Å². The smallest absolute Gasteiger partial charge is 0.220 e. The fourth-order valence-electron chi connectivity index (χ4n) is 11.1. The van der Waals surface area contributed by atoms with Crippen LogP contribution in [0.2, 0.25) is 0 Å². The van der Waals surface area contributed by atoms with Gasteiger partial charge in [-0.25, -0.2) is 0 Å². The van der Waals surface area contributed by atoms with E-state index >= 15 is 0 Å². The van der Waals surface area contributed by atoms with Gasteiger partial charge in [0, 0.05) is 6.42 Å². The summed E-state index contributed by atoms with van der Waals surface area (Å²) in [7, 11) is 0. The zero-order valence-electron chi connectivity index (χ0n) is 50.4. The van der Waals surface area contributed by atoms with Crippen molar-refractivity contribution < 1.29 is 64.6 Å². The lowest BCUT2D eigenvalue weighted by Gasteiger charge is -2.46. The van der Waals surface area contributed by atoms with E-state index in [1.807, 2.05) is 6.08 Å². The molecule has 0 spiro atoms. The number of hydrogen-bond donors (Lipinski definition) is 9. The summed E-state index contributed by atoms with van der Waals surface area (Å²) < 4.78 is 22.8. The van der Waals surface area contributed by atoms with Gasteiger partial charge in [-0.2, -0.15) is 0 Å². The van der Waals surface area contributed by atoms with Gasteiger partial charge in [0.15, 0.2) is 12.6 Å². The summed E-state index contributed by atoms with van der Waals surface area (Å²) in [4.78, 5) is 13.3. The molecule has 0 aromatic carbocycles. The van der Waals surface area contributed by atoms with Crippen LogP contribution < -0.4 is 5.32 Å². The van der Waals surface area contributed by atoms with Gasteiger partial charge in [-0.1, -0.05) is 276 Å². The van der Waals surface area contributed by atoms with E-state index in [4.69, 9.17) is 18.9 Å². The Kier molecular flexibility index (Phi) is 47.4. The number of carbonyl (C=O) groups is 1. The normalized spacial score (nSPS) is 24.5. The first-order valence-corrected chi connectivity index (χ1v) is 33.1. The molecule has 2 aliphatic rings. The number of aliphatic hydroxyl groups excluding tert-OH is 8. The van der Waals surface area contributed by atoms with E-state index in [0.29, 0.717) is 12.8 Å². The first-order valence-electron chi connectivity index (χ1n) is 33.1. The van der Waals surface area contributed by atoms with Crippen molar-refractivity contribution in [2.24, 2.45) is 0 Å². The molecule has 12 unspecified atom stereocenters. The van der Waals surface area contributed by atoms with Gasteiger partial charge in [0.05, 0.1) is 32.0 Å². The van der Waals surface area contributed by atoms with Gasteiger partial charge in [-0.05, 0) is 32.1 Å². The van der Waals surface area contributed by atoms with Crippen LogP contribution in [-0.2, 0) is 23.7 Å². The lowest BCUT2D eigenvalue weighted by Crippen LogP contribution is -2.65. The van der Waals surface area contributed by atoms with E-state index in [2.05, 4.69) is 31.3 Å². The minimum Gasteiger partial charge on any atom is -0.394 e. The maximum absolute atomic E-state index is 13.3. The topological polar surface area (TPSA) is 228 Å². The Morgan fingerprint density at radius 2 is 0.810 bits per heavy atom. The molecule has 2 fully saturated rings. The number of hydrogen-bond acceptors (Lipinski definition) is 13. The first-order chi connectivity index (χ1) is 38.6. The number of rotatable bonds is 54. The molecule has 2 rings (SSSR count). The van der Waals surface area contributed by atoms with Crippen molar-refractivity contribution >= 4 is 5.91 Å². The fraction of sp³-hybridized carbons (Fsp3) is 0.923. The van der Waals surface area contributed by atoms with Crippen LogP contribution in [0.1, 0.15) is 290 Å². The highest BCUT2D eigenvalue weighted by Crippen LogP contribution is 2.30. The zero-order chi connectivity index (χ0) is 57.4. The zero-order valence-corrected chi connectivity index (χ0v) is 50.4. The van der Waals surface area contributed by atoms with Crippen LogP contribution in [0.4, 0.5) is 0 Å². The largest absolute Gasteiger partial charge is 0.394 e. The average molecular weight is 1130 g/mol. The van der Waals surface area contributed by atoms with Crippen molar-refractivity contribution in [2.75, 3.05) is 19.8 Å². The van der Waals surface area contributed by atoms with Crippen LogP contribution in [-0.4, -0.2) is 140 Å². The van der Waals surface area contributed by atoms with Gasteiger partial charge in [0.1, 0.15) is 48.8 Å². The third-order valence-corrected chi connectivity index (χ3v) is 16.4. The molecule has 0 bridgehead atoms. The maximum atomic E-state index is 13.3. The van der Waals surface area contributed by atoms with Crippen molar-refractivity contribution in [1.82, 2.24) is 5.32 Å². The highest BCUT2D eigenvalue weighted by atomic mass is 16.7. The quantitative estimate of drug-likeness (QED) is 0.0204. The Morgan fingerprint density at radius 1 is 0.443 bits per heavy atom. The minimum absolute atomic E-state index is 0.243. The molecule has 12 atom stereocenters. The highest BCUT2D eigenvalue weighted by Gasteiger charge is 2.51. The van der Waals surface area contributed by atoms with Crippen LogP contribution in [0.15, 0.2) is 24.3 Å². The lowest BCUT2D eigenvalue weighted by molar-refractivity contribution is -0.359. The number of ether oxygens (including phenoxy) is 4. The van der Waals surface area contributed by atoms with Crippen molar-refractivity contribution in [3.05, 3.63) is 24.3 Å². The summed E-state index contributed by atoms with van der Waals surface area (Å²) in [5, 5.41) is 87.3. The average Bonchev–Trinajstić information content (AvgIpc) is 3.46. The number of nitrogens with one attached hydrogen (secondary N) is 1. The molecule has 14 heteroatoms. The molecule has 79 heavy (non-hydrogen) atoms. The second-order valence-electron chi connectivity index (χ2n) is 23.6. The number of amides is 1. The van der Waals surface area contributed by atoms with E-state index in [0.717, 1.165) is 32.1 Å². The number of carbonyl (C=O) groups excluding carboxylic acids is 1. The van der Waals surface area contributed by atoms with Crippen LogP contribution >= 0.6 is 0 Å². The van der Waals surface area contributed by atoms with Crippen molar-refractivity contribution in [3.8, 4) is 0 Å². The van der Waals surface area contributed by atoms with Gasteiger partial charge < -0.3 is 65.1 Å². The molecular weight excluding hydrogens is 1000 g/mol. The molecule has 0 aliphatic carbocycles. The standard InChI is InChI=1S/C65H123NO13/c1-3-5-7-9-11-13-15-17-19-21-23-24-25-26-27-28-29-31-32-34-36-38-40-42-44-46-48-54(69)53(66-57(70)49-47-45-43-41-39-37-35-33-30-22-20-18-16-14-12-10-8-6-4-2)52-76-64-62(75)60(73)63(56(51-68)78-64)79-65-61(74)59(72)58(71)55(50-67)77-65/h38,40,46,48,53-56,58-65,67-69,71-75H,3-37,39,41-45,47,49-52H2,1-2H3,(H,66,70)/b40-38+,48-46+. The molecular formula is C65H123NO13. The molecule has 0 saturated carbocycles. The van der Waals surface area contributed by atoms with Crippen molar-refractivity contribution in [1.29, 1.82) is 0 Å². The Balaban J connectivity index is 1.73. The van der Waals surface area contributed by atoms with Crippen LogP contribution in [0.5, 0.6) is 0 Å². The molecule has 9 N–H and O–H groups in total. The highest BCUT2D eigenvalue weighted by molar-refractivity contribution is 5.76. The Labute approximate surface area is 481 Å². The second kappa shape index (κ2) is 50.9. The van der Waals surface area contributed by atoms with E-state index in [1.54, 1.807) is 6.08 Å². The lowest BCUT2D eigenvalue weighted by atomic mass is 9.97. The molecule has 2 aliphatic heterocycles. The Bertz CT molecular complexity index is 1420. The molecule has 0 radical (unpaired) electrons. The first kappa shape index (κ1) is 73.6. The number of allylic oxidation sites excluding steroid dienone is 3. The predicted octanol–water partition coefficient (Wildman–Crippen LogP) is 12.4. The summed E-state index contributed by atoms with van der Waals surface area (Å²) in [5.74, 6) is -0.243. The molecule has 0 aromatic rings. The summed E-state index contributed by atoms with van der Waals surface area (Å²) in [6.45, 7) is 2.83. The summed E-state index contributed by atoms with van der Waals surface area (Å²) >= 11 is 0. The minimum atomic E-state index is -1.79.